The molecule has 0 spiro atoms. The van der Waals surface area contributed by atoms with E-state index in [-0.39, 0.29) is 5.91 Å². The predicted octanol–water partition coefficient (Wildman–Crippen LogP) is 4.15. The molecular weight excluding hydrogens is 434 g/mol. The van der Waals surface area contributed by atoms with Gasteiger partial charge in [0.25, 0.3) is 0 Å². The minimum atomic E-state index is -3.65. The number of sulfonamides is 1. The molecule has 0 radical (unpaired) electrons. The molecular formula is C26H37N3O3S. The second kappa shape index (κ2) is 11.2. The molecule has 1 saturated heterocycles. The lowest BCUT2D eigenvalue weighted by Gasteiger charge is -2.31. The molecule has 33 heavy (non-hydrogen) atoms. The van der Waals surface area contributed by atoms with Gasteiger partial charge in [0.05, 0.1) is 11.9 Å². The third kappa shape index (κ3) is 6.58. The Morgan fingerprint density at radius 3 is 2.30 bits per heavy atom. The number of carbonyl (C=O) groups is 1. The fourth-order valence-electron chi connectivity index (χ4n) is 4.47. The van der Waals surface area contributed by atoms with E-state index in [1.165, 1.54) is 29.1 Å². The topological polar surface area (TPSA) is 69.7 Å². The Morgan fingerprint density at radius 1 is 1.03 bits per heavy atom. The molecule has 1 amide bonds. The maximum absolute atomic E-state index is 13.2. The second-order valence-corrected chi connectivity index (χ2v) is 10.9. The summed E-state index contributed by atoms with van der Waals surface area (Å²) in [7, 11) is -3.65. The molecule has 0 bridgehead atoms. The second-order valence-electron chi connectivity index (χ2n) is 9.07. The molecule has 6 nitrogen and oxygen atoms in total. The highest BCUT2D eigenvalue weighted by atomic mass is 32.2. The van der Waals surface area contributed by atoms with E-state index >= 15 is 0 Å². The van der Waals surface area contributed by atoms with Crippen molar-refractivity contribution < 1.29 is 13.2 Å². The molecule has 2 aromatic carbocycles. The van der Waals surface area contributed by atoms with Crippen molar-refractivity contribution in [2.75, 3.05) is 23.7 Å². The smallest absolute Gasteiger partial charge is 0.244 e. The number of carbonyl (C=O) groups excluding carboxylic acids is 1. The first-order valence-electron chi connectivity index (χ1n) is 11.8. The highest BCUT2D eigenvalue weighted by molar-refractivity contribution is 7.92. The van der Waals surface area contributed by atoms with Crippen molar-refractivity contribution in [1.82, 2.24) is 10.2 Å². The summed E-state index contributed by atoms with van der Waals surface area (Å²) in [4.78, 5) is 15.7. The number of piperidine rings is 1. The first kappa shape index (κ1) is 25.2. The van der Waals surface area contributed by atoms with Crippen molar-refractivity contribution in [2.24, 2.45) is 0 Å². The molecule has 0 aromatic heterocycles. The van der Waals surface area contributed by atoms with Crippen molar-refractivity contribution >= 4 is 21.6 Å². The summed E-state index contributed by atoms with van der Waals surface area (Å²) in [6, 6.07) is 12.9. The van der Waals surface area contributed by atoms with Gasteiger partial charge in [-0.2, -0.15) is 0 Å². The van der Waals surface area contributed by atoms with Gasteiger partial charge in [-0.05, 0) is 80.6 Å². The largest absolute Gasteiger partial charge is 0.350 e. The number of nitrogens with one attached hydrogen (secondary N) is 1. The lowest BCUT2D eigenvalue weighted by molar-refractivity contribution is -0.122. The molecule has 1 unspecified atom stereocenters. The molecule has 0 saturated carbocycles. The highest BCUT2D eigenvalue weighted by Gasteiger charge is 2.31. The summed E-state index contributed by atoms with van der Waals surface area (Å²) < 4.78 is 26.7. The summed E-state index contributed by atoms with van der Waals surface area (Å²) in [6.07, 6.45) is 5.30. The molecule has 0 aliphatic carbocycles. The number of anilines is 1. The van der Waals surface area contributed by atoms with E-state index < -0.39 is 16.1 Å². The molecule has 1 aliphatic heterocycles. The number of hydrogen-bond acceptors (Lipinski definition) is 4. The Hall–Kier alpha value is -2.38. The Balaban J connectivity index is 1.77. The van der Waals surface area contributed by atoms with Gasteiger partial charge in [-0.15, -0.1) is 0 Å². The number of rotatable bonds is 9. The Labute approximate surface area is 199 Å². The van der Waals surface area contributed by atoms with Crippen LogP contribution in [0.15, 0.2) is 42.5 Å². The van der Waals surface area contributed by atoms with Crippen LogP contribution in [0.4, 0.5) is 5.69 Å². The van der Waals surface area contributed by atoms with Crippen LogP contribution < -0.4 is 9.62 Å². The summed E-state index contributed by atoms with van der Waals surface area (Å²) in [5, 5.41) is 3.01. The lowest BCUT2D eigenvalue weighted by atomic mass is 10.0. The van der Waals surface area contributed by atoms with Crippen LogP contribution in [0, 0.1) is 13.8 Å². The van der Waals surface area contributed by atoms with Crippen molar-refractivity contribution in [3.05, 3.63) is 64.7 Å². The van der Waals surface area contributed by atoms with Crippen LogP contribution in [0.1, 0.15) is 54.9 Å². The van der Waals surface area contributed by atoms with E-state index in [4.69, 9.17) is 0 Å². The zero-order chi connectivity index (χ0) is 24.0. The normalized spacial score (nSPS) is 15.8. The Morgan fingerprint density at radius 2 is 1.70 bits per heavy atom. The number of nitrogens with zero attached hydrogens (tertiary/aromatic N) is 2. The Kier molecular flexibility index (Phi) is 8.54. The van der Waals surface area contributed by atoms with E-state index in [0.717, 1.165) is 42.6 Å². The van der Waals surface area contributed by atoms with Gasteiger partial charge in [-0.3, -0.25) is 14.0 Å². The van der Waals surface area contributed by atoms with Crippen LogP contribution in [-0.4, -0.2) is 44.6 Å². The molecule has 1 fully saturated rings. The van der Waals surface area contributed by atoms with Gasteiger partial charge in [0.2, 0.25) is 15.9 Å². The number of amides is 1. The van der Waals surface area contributed by atoms with E-state index in [1.54, 1.807) is 6.07 Å². The maximum Gasteiger partial charge on any atom is 0.244 e. The number of hydrogen-bond donors (Lipinski definition) is 1. The van der Waals surface area contributed by atoms with E-state index in [9.17, 15) is 13.2 Å². The van der Waals surface area contributed by atoms with Gasteiger partial charge < -0.3 is 5.32 Å². The first-order chi connectivity index (χ1) is 15.7. The van der Waals surface area contributed by atoms with Gasteiger partial charge in [0.1, 0.15) is 6.04 Å². The fraction of sp³-hybridized carbons (Fsp3) is 0.500. The zero-order valence-electron chi connectivity index (χ0n) is 20.3. The van der Waals surface area contributed by atoms with Crippen LogP contribution in [0.5, 0.6) is 0 Å². The predicted molar refractivity (Wildman–Crippen MR) is 135 cm³/mol. The molecule has 2 aromatic rings. The number of benzene rings is 2. The van der Waals surface area contributed by atoms with Gasteiger partial charge in [0, 0.05) is 13.1 Å². The summed E-state index contributed by atoms with van der Waals surface area (Å²) in [5.41, 5.74) is 4.87. The van der Waals surface area contributed by atoms with Crippen LogP contribution in [-0.2, 0) is 27.9 Å². The molecule has 180 valence electrons. The summed E-state index contributed by atoms with van der Waals surface area (Å²) in [6.45, 7) is 9.24. The van der Waals surface area contributed by atoms with Crippen LogP contribution in [0.2, 0.25) is 0 Å². The monoisotopic (exact) mass is 471 g/mol. The van der Waals surface area contributed by atoms with Gasteiger partial charge in [-0.25, -0.2) is 8.42 Å². The van der Waals surface area contributed by atoms with Crippen molar-refractivity contribution in [3.63, 3.8) is 0 Å². The first-order valence-corrected chi connectivity index (χ1v) is 13.7. The van der Waals surface area contributed by atoms with Crippen molar-refractivity contribution in [1.29, 1.82) is 0 Å². The third-order valence-electron chi connectivity index (χ3n) is 6.49. The number of likely N-dealkylation sites (tertiary alicyclic amines) is 1. The summed E-state index contributed by atoms with van der Waals surface area (Å²) >= 11 is 0. The molecule has 1 heterocycles. The van der Waals surface area contributed by atoms with Gasteiger partial charge >= 0.3 is 0 Å². The molecule has 1 N–H and O–H groups in total. The minimum Gasteiger partial charge on any atom is -0.350 e. The highest BCUT2D eigenvalue weighted by Crippen LogP contribution is 2.25. The van der Waals surface area contributed by atoms with E-state index in [1.807, 2.05) is 51.1 Å². The SMILES string of the molecule is CCC(C(=O)NCc1ccccc1CN1CCCCC1)N(c1ccc(C)c(C)c1)S(C)(=O)=O. The average Bonchev–Trinajstić information content (AvgIpc) is 2.78. The van der Waals surface area contributed by atoms with E-state index in [0.29, 0.717) is 18.7 Å². The standard InChI is InChI=1S/C26H37N3O3S/c1-5-25(29(33(4,31)32)24-14-13-20(2)21(3)17-24)26(30)27-18-22-11-7-8-12-23(22)19-28-15-9-6-10-16-28/h7-8,11-14,17,25H,5-6,9-10,15-16,18-19H2,1-4H3,(H,27,30). The number of aryl methyl sites for hydroxylation is 2. The zero-order valence-corrected chi connectivity index (χ0v) is 21.1. The van der Waals surface area contributed by atoms with E-state index in [2.05, 4.69) is 16.3 Å². The van der Waals surface area contributed by atoms with Crippen LogP contribution in [0.3, 0.4) is 0 Å². The minimum absolute atomic E-state index is 0.283. The van der Waals surface area contributed by atoms with Crippen LogP contribution >= 0.6 is 0 Å². The molecule has 1 atom stereocenters. The van der Waals surface area contributed by atoms with Crippen molar-refractivity contribution in [3.8, 4) is 0 Å². The van der Waals surface area contributed by atoms with Crippen molar-refractivity contribution in [2.45, 2.75) is 65.6 Å². The fourth-order valence-corrected chi connectivity index (χ4v) is 5.67. The van der Waals surface area contributed by atoms with Gasteiger partial charge in [0.15, 0.2) is 0 Å². The quantitative estimate of drug-likeness (QED) is 0.597. The molecule has 3 rings (SSSR count). The van der Waals surface area contributed by atoms with Gasteiger partial charge in [-0.1, -0.05) is 43.7 Å². The molecule has 7 heteroatoms. The van der Waals surface area contributed by atoms with Crippen LogP contribution in [0.25, 0.3) is 0 Å². The lowest BCUT2D eigenvalue weighted by Crippen LogP contribution is -2.49. The molecule has 1 aliphatic rings. The average molecular weight is 472 g/mol. The Bertz CT molecular complexity index is 1060. The third-order valence-corrected chi connectivity index (χ3v) is 7.67. The summed E-state index contributed by atoms with van der Waals surface area (Å²) in [5.74, 6) is -0.283. The maximum atomic E-state index is 13.2.